The Balaban J connectivity index is 2.41. The Morgan fingerprint density at radius 2 is 2.20 bits per heavy atom. The average molecular weight is 370 g/mol. The van der Waals surface area contributed by atoms with Gasteiger partial charge < -0.3 is 5.73 Å². The standard InChI is InChI=1S/C13H10BrClN4S/c1-6-10(14)9-11(18-13(15)19-12(9)20-6)7-3-2-4-17-8(7)5-16/h2-4H,5,16H2,1H3. The first kappa shape index (κ1) is 13.9. The Labute approximate surface area is 133 Å². The van der Waals surface area contributed by atoms with Crippen molar-refractivity contribution in [2.24, 2.45) is 5.73 Å². The maximum atomic E-state index is 6.05. The molecule has 0 aliphatic carbocycles. The molecule has 0 aliphatic rings. The van der Waals surface area contributed by atoms with Gasteiger partial charge in [0.2, 0.25) is 5.28 Å². The van der Waals surface area contributed by atoms with Crippen molar-refractivity contribution in [1.82, 2.24) is 15.0 Å². The molecular formula is C13H10BrClN4S. The summed E-state index contributed by atoms with van der Waals surface area (Å²) in [4.78, 5) is 15.0. The Morgan fingerprint density at radius 3 is 2.95 bits per heavy atom. The van der Waals surface area contributed by atoms with E-state index in [1.54, 1.807) is 17.5 Å². The highest BCUT2D eigenvalue weighted by Crippen LogP contribution is 2.40. The lowest BCUT2D eigenvalue weighted by molar-refractivity contribution is 0.991. The predicted molar refractivity (Wildman–Crippen MR) is 86.0 cm³/mol. The van der Waals surface area contributed by atoms with Crippen LogP contribution in [0.5, 0.6) is 0 Å². The Bertz CT molecular complexity index is 802. The minimum atomic E-state index is 0.230. The number of nitrogens with two attached hydrogens (primary N) is 1. The van der Waals surface area contributed by atoms with Gasteiger partial charge in [-0.05, 0) is 46.6 Å². The number of aromatic nitrogens is 3. The van der Waals surface area contributed by atoms with Crippen LogP contribution in [0.25, 0.3) is 21.5 Å². The van der Waals surface area contributed by atoms with Gasteiger partial charge in [-0.1, -0.05) is 0 Å². The van der Waals surface area contributed by atoms with Crippen molar-refractivity contribution in [2.45, 2.75) is 13.5 Å². The van der Waals surface area contributed by atoms with Crippen molar-refractivity contribution in [3.8, 4) is 11.3 Å². The summed E-state index contributed by atoms with van der Waals surface area (Å²) >= 11 is 11.2. The van der Waals surface area contributed by atoms with E-state index in [2.05, 4.69) is 30.9 Å². The smallest absolute Gasteiger partial charge is 0.224 e. The number of pyridine rings is 1. The number of hydrogen-bond donors (Lipinski definition) is 1. The molecule has 3 aromatic rings. The van der Waals surface area contributed by atoms with E-state index in [0.717, 1.165) is 36.5 Å². The number of halogens is 2. The maximum absolute atomic E-state index is 6.05. The Hall–Kier alpha value is -1.08. The van der Waals surface area contributed by atoms with Gasteiger partial charge >= 0.3 is 0 Å². The zero-order valence-corrected chi connectivity index (χ0v) is 13.7. The molecule has 0 aliphatic heterocycles. The monoisotopic (exact) mass is 368 g/mol. The van der Waals surface area contributed by atoms with Gasteiger partial charge in [0.15, 0.2) is 0 Å². The molecular weight excluding hydrogens is 360 g/mol. The zero-order valence-electron chi connectivity index (χ0n) is 10.5. The summed E-state index contributed by atoms with van der Waals surface area (Å²) in [6.45, 7) is 2.38. The molecule has 7 heteroatoms. The molecule has 0 amide bonds. The lowest BCUT2D eigenvalue weighted by atomic mass is 10.1. The van der Waals surface area contributed by atoms with Crippen LogP contribution in [0.15, 0.2) is 22.8 Å². The molecule has 102 valence electrons. The van der Waals surface area contributed by atoms with Crippen LogP contribution in [-0.2, 0) is 6.54 Å². The van der Waals surface area contributed by atoms with Gasteiger partial charge in [0.05, 0.1) is 16.8 Å². The van der Waals surface area contributed by atoms with Crippen molar-refractivity contribution in [1.29, 1.82) is 0 Å². The van der Waals surface area contributed by atoms with Crippen LogP contribution in [0.3, 0.4) is 0 Å². The van der Waals surface area contributed by atoms with Crippen LogP contribution in [0.2, 0.25) is 5.28 Å². The first-order valence-corrected chi connectivity index (χ1v) is 7.87. The van der Waals surface area contributed by atoms with E-state index in [0.29, 0.717) is 6.54 Å². The third kappa shape index (κ3) is 2.22. The van der Waals surface area contributed by atoms with E-state index < -0.39 is 0 Å². The molecule has 3 aromatic heterocycles. The van der Waals surface area contributed by atoms with Crippen LogP contribution in [0, 0.1) is 6.92 Å². The molecule has 3 rings (SSSR count). The molecule has 0 aromatic carbocycles. The third-order valence-corrected chi connectivity index (χ3v) is 5.39. The normalized spacial score (nSPS) is 11.2. The highest BCUT2D eigenvalue weighted by Gasteiger charge is 2.18. The van der Waals surface area contributed by atoms with Gasteiger partial charge in [0.25, 0.3) is 0 Å². The second-order valence-corrected chi connectivity index (χ2v) is 6.53. The highest BCUT2D eigenvalue weighted by molar-refractivity contribution is 9.10. The molecule has 2 N–H and O–H groups in total. The quantitative estimate of drug-likeness (QED) is 0.695. The fourth-order valence-electron chi connectivity index (χ4n) is 2.06. The first-order chi connectivity index (χ1) is 9.61. The largest absolute Gasteiger partial charge is 0.325 e. The number of nitrogens with zero attached hydrogens (tertiary/aromatic N) is 3. The summed E-state index contributed by atoms with van der Waals surface area (Å²) in [5, 5.41) is 1.19. The van der Waals surface area contributed by atoms with Crippen molar-refractivity contribution in [3.05, 3.63) is 38.7 Å². The number of rotatable bonds is 2. The molecule has 0 unspecified atom stereocenters. The molecule has 20 heavy (non-hydrogen) atoms. The lowest BCUT2D eigenvalue weighted by Gasteiger charge is -2.08. The summed E-state index contributed by atoms with van der Waals surface area (Å²) < 4.78 is 0.996. The average Bonchev–Trinajstić information content (AvgIpc) is 2.73. The number of thiophene rings is 1. The minimum absolute atomic E-state index is 0.230. The van der Waals surface area contributed by atoms with Crippen LogP contribution in [-0.4, -0.2) is 15.0 Å². The van der Waals surface area contributed by atoms with E-state index in [-0.39, 0.29) is 5.28 Å². The fraction of sp³-hybridized carbons (Fsp3) is 0.154. The van der Waals surface area contributed by atoms with E-state index in [9.17, 15) is 0 Å². The SMILES string of the molecule is Cc1sc2nc(Cl)nc(-c3cccnc3CN)c2c1Br. The summed E-state index contributed by atoms with van der Waals surface area (Å²) in [6.07, 6.45) is 1.72. The Kier molecular flexibility index (Phi) is 3.72. The summed E-state index contributed by atoms with van der Waals surface area (Å²) in [6, 6.07) is 3.82. The lowest BCUT2D eigenvalue weighted by Crippen LogP contribution is -2.03. The fourth-order valence-corrected chi connectivity index (χ4v) is 3.95. The topological polar surface area (TPSA) is 64.7 Å². The van der Waals surface area contributed by atoms with Gasteiger partial charge in [-0.15, -0.1) is 11.3 Å². The molecule has 3 heterocycles. The molecule has 4 nitrogen and oxygen atoms in total. The molecule has 0 saturated heterocycles. The number of hydrogen-bond acceptors (Lipinski definition) is 5. The molecule has 0 spiro atoms. The van der Waals surface area contributed by atoms with Gasteiger partial charge in [-0.3, -0.25) is 4.98 Å². The van der Waals surface area contributed by atoms with Crippen molar-refractivity contribution < 1.29 is 0 Å². The van der Waals surface area contributed by atoms with Crippen molar-refractivity contribution >= 4 is 49.1 Å². The van der Waals surface area contributed by atoms with E-state index >= 15 is 0 Å². The van der Waals surface area contributed by atoms with E-state index in [1.807, 2.05) is 19.1 Å². The van der Waals surface area contributed by atoms with Gasteiger partial charge in [0, 0.05) is 27.7 Å². The molecule has 0 atom stereocenters. The molecule has 0 radical (unpaired) electrons. The summed E-state index contributed by atoms with van der Waals surface area (Å²) in [5.41, 5.74) is 8.22. The maximum Gasteiger partial charge on any atom is 0.224 e. The zero-order chi connectivity index (χ0) is 14.3. The van der Waals surface area contributed by atoms with Crippen LogP contribution in [0.1, 0.15) is 10.6 Å². The second kappa shape index (κ2) is 5.37. The minimum Gasteiger partial charge on any atom is -0.325 e. The highest BCUT2D eigenvalue weighted by atomic mass is 79.9. The second-order valence-electron chi connectivity index (χ2n) is 4.20. The number of fused-ring (bicyclic) bond motifs is 1. The summed E-state index contributed by atoms with van der Waals surface area (Å²) in [7, 11) is 0. The van der Waals surface area contributed by atoms with Gasteiger partial charge in [-0.25, -0.2) is 9.97 Å². The van der Waals surface area contributed by atoms with Crippen LogP contribution in [0.4, 0.5) is 0 Å². The first-order valence-electron chi connectivity index (χ1n) is 5.88. The molecule has 0 bridgehead atoms. The third-order valence-electron chi connectivity index (χ3n) is 2.97. The van der Waals surface area contributed by atoms with Crippen LogP contribution >= 0.6 is 38.9 Å². The predicted octanol–water partition coefficient (Wildman–Crippen LogP) is 3.94. The van der Waals surface area contributed by atoms with Gasteiger partial charge in [0.1, 0.15) is 4.83 Å². The van der Waals surface area contributed by atoms with E-state index in [1.165, 1.54) is 0 Å². The summed E-state index contributed by atoms with van der Waals surface area (Å²) in [5.74, 6) is 0. The van der Waals surface area contributed by atoms with Crippen LogP contribution < -0.4 is 5.73 Å². The van der Waals surface area contributed by atoms with Crippen molar-refractivity contribution in [3.63, 3.8) is 0 Å². The van der Waals surface area contributed by atoms with E-state index in [4.69, 9.17) is 17.3 Å². The number of aryl methyl sites for hydroxylation is 1. The molecule has 0 fully saturated rings. The molecule has 0 saturated carbocycles. The van der Waals surface area contributed by atoms with Gasteiger partial charge in [-0.2, -0.15) is 0 Å². The Morgan fingerprint density at radius 1 is 1.40 bits per heavy atom. The van der Waals surface area contributed by atoms with Crippen molar-refractivity contribution in [2.75, 3.05) is 0 Å².